The van der Waals surface area contributed by atoms with Gasteiger partial charge in [-0.2, -0.15) is 11.8 Å². The molecule has 5 nitrogen and oxygen atoms in total. The number of amides is 1. The summed E-state index contributed by atoms with van der Waals surface area (Å²) in [6, 6.07) is 6.23. The summed E-state index contributed by atoms with van der Waals surface area (Å²) in [5.74, 6) is -0.673. The van der Waals surface area contributed by atoms with Gasteiger partial charge in [0.1, 0.15) is 6.04 Å². The van der Waals surface area contributed by atoms with Crippen LogP contribution in [0.25, 0.3) is 0 Å². The third kappa shape index (κ3) is 4.77. The van der Waals surface area contributed by atoms with Gasteiger partial charge in [0.15, 0.2) is 0 Å². The Labute approximate surface area is 123 Å². The molecule has 1 atom stereocenters. The van der Waals surface area contributed by atoms with E-state index >= 15 is 0 Å². The molecular formula is C14H20N2O3S. The van der Waals surface area contributed by atoms with Crippen LogP contribution in [0.4, 0.5) is 5.69 Å². The molecule has 0 aliphatic heterocycles. The highest BCUT2D eigenvalue weighted by atomic mass is 32.2. The average molecular weight is 296 g/mol. The number of carboxylic acids is 1. The zero-order valence-electron chi connectivity index (χ0n) is 11.9. The van der Waals surface area contributed by atoms with E-state index < -0.39 is 12.0 Å². The number of carbonyl (C=O) groups is 2. The Morgan fingerprint density at radius 2 is 2.10 bits per heavy atom. The van der Waals surface area contributed by atoms with Crippen molar-refractivity contribution >= 4 is 29.3 Å². The maximum absolute atomic E-state index is 12.1. The molecule has 0 saturated heterocycles. The monoisotopic (exact) mass is 296 g/mol. The Morgan fingerprint density at radius 3 is 2.65 bits per heavy atom. The van der Waals surface area contributed by atoms with Gasteiger partial charge in [-0.3, -0.25) is 4.79 Å². The zero-order chi connectivity index (χ0) is 15.1. The van der Waals surface area contributed by atoms with Crippen molar-refractivity contribution in [1.82, 2.24) is 5.32 Å². The first-order valence-electron chi connectivity index (χ1n) is 6.25. The molecule has 2 N–H and O–H groups in total. The predicted octanol–water partition coefficient (Wildman–Crippen LogP) is 1.69. The topological polar surface area (TPSA) is 69.6 Å². The molecule has 1 aromatic rings. The molecule has 0 aromatic heterocycles. The molecule has 0 aliphatic rings. The molecule has 6 heteroatoms. The Balaban J connectivity index is 2.78. The molecule has 0 heterocycles. The minimum Gasteiger partial charge on any atom is -0.480 e. The number of carboxylic acid groups (broad SMARTS) is 1. The standard InChI is InChI=1S/C14H20N2O3S/c1-16(2)11-6-4-5-10(9-11)13(17)15-12(14(18)19)7-8-20-3/h4-6,9,12H,7-8H2,1-3H3,(H,15,17)(H,18,19)/t12-/m1/s1. The second-order valence-corrected chi connectivity index (χ2v) is 5.58. The van der Waals surface area contributed by atoms with Crippen LogP contribution in [0.5, 0.6) is 0 Å². The van der Waals surface area contributed by atoms with E-state index in [1.165, 1.54) is 0 Å². The van der Waals surface area contributed by atoms with Crippen LogP contribution in [0.1, 0.15) is 16.8 Å². The van der Waals surface area contributed by atoms with Gasteiger partial charge in [0.2, 0.25) is 0 Å². The Kier molecular flexibility index (Phi) is 6.38. The molecule has 1 amide bonds. The van der Waals surface area contributed by atoms with Crippen LogP contribution in [0.2, 0.25) is 0 Å². The minimum atomic E-state index is -1.00. The molecule has 0 unspecified atom stereocenters. The van der Waals surface area contributed by atoms with Crippen LogP contribution >= 0.6 is 11.8 Å². The van der Waals surface area contributed by atoms with Gasteiger partial charge >= 0.3 is 5.97 Å². The van der Waals surface area contributed by atoms with Gasteiger partial charge in [0, 0.05) is 25.3 Å². The molecule has 0 saturated carbocycles. The number of benzene rings is 1. The summed E-state index contributed by atoms with van der Waals surface area (Å²) in [6.07, 6.45) is 2.32. The van der Waals surface area contributed by atoms with Gasteiger partial charge in [0.05, 0.1) is 0 Å². The van der Waals surface area contributed by atoms with E-state index in [0.717, 1.165) is 5.69 Å². The van der Waals surface area contributed by atoms with Crippen molar-refractivity contribution in [3.8, 4) is 0 Å². The third-order valence-corrected chi connectivity index (χ3v) is 3.48. The number of anilines is 1. The van der Waals surface area contributed by atoms with Gasteiger partial charge in [-0.15, -0.1) is 0 Å². The predicted molar refractivity (Wildman–Crippen MR) is 82.7 cm³/mol. The molecule has 0 fully saturated rings. The smallest absolute Gasteiger partial charge is 0.326 e. The third-order valence-electron chi connectivity index (χ3n) is 2.84. The summed E-state index contributed by atoms with van der Waals surface area (Å²) in [7, 11) is 3.77. The molecule has 0 spiro atoms. The van der Waals surface area contributed by atoms with Crippen molar-refractivity contribution in [3.63, 3.8) is 0 Å². The van der Waals surface area contributed by atoms with Crippen molar-refractivity contribution in [1.29, 1.82) is 0 Å². The highest BCUT2D eigenvalue weighted by molar-refractivity contribution is 7.98. The fourth-order valence-electron chi connectivity index (χ4n) is 1.66. The maximum Gasteiger partial charge on any atom is 0.326 e. The largest absolute Gasteiger partial charge is 0.480 e. The van der Waals surface area contributed by atoms with E-state index in [-0.39, 0.29) is 5.91 Å². The van der Waals surface area contributed by atoms with Crippen LogP contribution in [0.3, 0.4) is 0 Å². The van der Waals surface area contributed by atoms with Gasteiger partial charge < -0.3 is 15.3 Å². The van der Waals surface area contributed by atoms with Crippen molar-refractivity contribution in [2.75, 3.05) is 31.0 Å². The van der Waals surface area contributed by atoms with Crippen LogP contribution in [0, 0.1) is 0 Å². The second-order valence-electron chi connectivity index (χ2n) is 4.59. The summed E-state index contributed by atoms with van der Waals surface area (Å²) in [5.41, 5.74) is 1.36. The Bertz CT molecular complexity index is 477. The molecule has 110 valence electrons. The van der Waals surface area contributed by atoms with Crippen LogP contribution in [0.15, 0.2) is 24.3 Å². The van der Waals surface area contributed by atoms with Crippen LogP contribution < -0.4 is 10.2 Å². The normalized spacial score (nSPS) is 11.8. The van der Waals surface area contributed by atoms with E-state index in [1.54, 1.807) is 30.0 Å². The van der Waals surface area contributed by atoms with Gasteiger partial charge in [-0.1, -0.05) is 6.07 Å². The maximum atomic E-state index is 12.1. The molecule has 20 heavy (non-hydrogen) atoms. The fraction of sp³-hybridized carbons (Fsp3) is 0.429. The number of hydrogen-bond donors (Lipinski definition) is 2. The highest BCUT2D eigenvalue weighted by Gasteiger charge is 2.20. The number of rotatable bonds is 7. The zero-order valence-corrected chi connectivity index (χ0v) is 12.7. The Hall–Kier alpha value is -1.69. The summed E-state index contributed by atoms with van der Waals surface area (Å²) in [4.78, 5) is 25.1. The Morgan fingerprint density at radius 1 is 1.40 bits per heavy atom. The number of hydrogen-bond acceptors (Lipinski definition) is 4. The lowest BCUT2D eigenvalue weighted by Crippen LogP contribution is -2.41. The first-order valence-corrected chi connectivity index (χ1v) is 7.65. The SMILES string of the molecule is CSCC[C@@H](NC(=O)c1cccc(N(C)C)c1)C(=O)O. The first kappa shape index (κ1) is 16.4. The van der Waals surface area contributed by atoms with Gasteiger partial charge in [-0.05, 0) is 36.6 Å². The summed E-state index contributed by atoms with van der Waals surface area (Å²) < 4.78 is 0. The van der Waals surface area contributed by atoms with Gasteiger partial charge in [-0.25, -0.2) is 4.79 Å². The summed E-state index contributed by atoms with van der Waals surface area (Å²) >= 11 is 1.56. The number of nitrogens with zero attached hydrogens (tertiary/aromatic N) is 1. The van der Waals surface area contributed by atoms with E-state index in [0.29, 0.717) is 17.7 Å². The molecule has 1 aromatic carbocycles. The number of thioether (sulfide) groups is 1. The number of aliphatic carboxylic acids is 1. The summed E-state index contributed by atoms with van der Waals surface area (Å²) in [5, 5.41) is 11.7. The van der Waals surface area contributed by atoms with Crippen LogP contribution in [-0.4, -0.2) is 49.1 Å². The first-order chi connectivity index (χ1) is 9.45. The lowest BCUT2D eigenvalue weighted by Gasteiger charge is -2.16. The minimum absolute atomic E-state index is 0.359. The van der Waals surface area contributed by atoms with Crippen molar-refractivity contribution in [3.05, 3.63) is 29.8 Å². The fourth-order valence-corrected chi connectivity index (χ4v) is 2.13. The molecule has 0 aliphatic carbocycles. The van der Waals surface area contributed by atoms with Crippen molar-refractivity contribution in [2.45, 2.75) is 12.5 Å². The molecule has 0 radical (unpaired) electrons. The van der Waals surface area contributed by atoms with E-state index in [2.05, 4.69) is 5.32 Å². The van der Waals surface area contributed by atoms with Gasteiger partial charge in [0.25, 0.3) is 5.91 Å². The van der Waals surface area contributed by atoms with Crippen LogP contribution in [-0.2, 0) is 4.79 Å². The average Bonchev–Trinajstić information content (AvgIpc) is 2.42. The summed E-state index contributed by atoms with van der Waals surface area (Å²) in [6.45, 7) is 0. The van der Waals surface area contributed by atoms with E-state index in [9.17, 15) is 9.59 Å². The quantitative estimate of drug-likeness (QED) is 0.801. The molecular weight excluding hydrogens is 276 g/mol. The lowest BCUT2D eigenvalue weighted by atomic mass is 10.1. The van der Waals surface area contributed by atoms with E-state index in [1.807, 2.05) is 31.3 Å². The van der Waals surface area contributed by atoms with Crippen molar-refractivity contribution < 1.29 is 14.7 Å². The van der Waals surface area contributed by atoms with Crippen molar-refractivity contribution in [2.24, 2.45) is 0 Å². The highest BCUT2D eigenvalue weighted by Crippen LogP contribution is 2.13. The lowest BCUT2D eigenvalue weighted by molar-refractivity contribution is -0.139. The number of nitrogens with one attached hydrogen (secondary N) is 1. The number of carbonyl (C=O) groups excluding carboxylic acids is 1. The molecule has 0 bridgehead atoms. The second kappa shape index (κ2) is 7.79. The molecule has 1 rings (SSSR count). The van der Waals surface area contributed by atoms with E-state index in [4.69, 9.17) is 5.11 Å².